The van der Waals surface area contributed by atoms with Crippen molar-refractivity contribution in [1.82, 2.24) is 9.13 Å². The lowest BCUT2D eigenvalue weighted by atomic mass is 9.99. The summed E-state index contributed by atoms with van der Waals surface area (Å²) < 4.78 is 4.89. The fourth-order valence-corrected chi connectivity index (χ4v) is 8.38. The van der Waals surface area contributed by atoms with Crippen LogP contribution in [0.5, 0.6) is 0 Å². The second kappa shape index (κ2) is 10.4. The van der Waals surface area contributed by atoms with E-state index < -0.39 is 0 Å². The Hall–Kier alpha value is -6.64. The van der Waals surface area contributed by atoms with E-state index in [1.807, 2.05) is 0 Å². The van der Waals surface area contributed by atoms with E-state index in [-0.39, 0.29) is 0 Å². The first-order valence-corrected chi connectivity index (χ1v) is 17.3. The van der Waals surface area contributed by atoms with Crippen LogP contribution in [0.15, 0.2) is 182 Å². The summed E-state index contributed by atoms with van der Waals surface area (Å²) in [6, 6.07) is 66.9. The number of hydrogen-bond donors (Lipinski definition) is 0. The SMILES string of the molecule is c1ccc2cc(-n3c4ccccc4c4ccc(-c5ccc6c(c5)c5c7ccccc7ccc5n6-c5cccc6ccccc56)cc43)ccc2c1. The highest BCUT2D eigenvalue weighted by atomic mass is 15.0. The van der Waals surface area contributed by atoms with Crippen molar-refractivity contribution >= 4 is 75.9 Å². The second-order valence-electron chi connectivity index (χ2n) is 13.4. The maximum Gasteiger partial charge on any atom is 0.0547 e. The van der Waals surface area contributed by atoms with Crippen LogP contribution in [-0.2, 0) is 0 Å². The molecule has 0 aliphatic rings. The summed E-state index contributed by atoms with van der Waals surface area (Å²) in [6.07, 6.45) is 0. The van der Waals surface area contributed by atoms with Crippen LogP contribution in [0.4, 0.5) is 0 Å². The van der Waals surface area contributed by atoms with Crippen LogP contribution in [0.1, 0.15) is 0 Å². The molecule has 11 aromatic rings. The molecule has 0 saturated carbocycles. The summed E-state index contributed by atoms with van der Waals surface area (Å²) in [7, 11) is 0. The summed E-state index contributed by atoms with van der Waals surface area (Å²) in [4.78, 5) is 0. The molecule has 0 atom stereocenters. The highest BCUT2D eigenvalue weighted by Gasteiger charge is 2.18. The van der Waals surface area contributed by atoms with Gasteiger partial charge in [0.15, 0.2) is 0 Å². The number of aromatic nitrogens is 2. The lowest BCUT2D eigenvalue weighted by molar-refractivity contribution is 1.19. The van der Waals surface area contributed by atoms with Crippen molar-refractivity contribution < 1.29 is 0 Å². The smallest absolute Gasteiger partial charge is 0.0547 e. The molecule has 0 N–H and O–H groups in total. The minimum Gasteiger partial charge on any atom is -0.309 e. The zero-order valence-electron chi connectivity index (χ0n) is 27.2. The number of fused-ring (bicyclic) bond motifs is 10. The Kier molecular flexibility index (Phi) is 5.70. The van der Waals surface area contributed by atoms with Gasteiger partial charge in [-0.25, -0.2) is 0 Å². The van der Waals surface area contributed by atoms with Gasteiger partial charge in [-0.1, -0.05) is 133 Å². The summed E-state index contributed by atoms with van der Waals surface area (Å²) in [5.74, 6) is 0. The lowest BCUT2D eigenvalue weighted by Gasteiger charge is -2.12. The van der Waals surface area contributed by atoms with E-state index in [1.165, 1.54) is 98.4 Å². The molecular formula is C48H30N2. The van der Waals surface area contributed by atoms with Crippen LogP contribution in [-0.4, -0.2) is 9.13 Å². The van der Waals surface area contributed by atoms with Crippen molar-refractivity contribution in [3.05, 3.63) is 182 Å². The molecule has 2 heteroatoms. The third-order valence-corrected chi connectivity index (χ3v) is 10.7. The Morgan fingerprint density at radius 3 is 1.76 bits per heavy atom. The van der Waals surface area contributed by atoms with E-state index in [4.69, 9.17) is 0 Å². The van der Waals surface area contributed by atoms with Crippen LogP contribution in [0.2, 0.25) is 0 Å². The summed E-state index contributed by atoms with van der Waals surface area (Å²) >= 11 is 0. The quantitative estimate of drug-likeness (QED) is 0.183. The van der Waals surface area contributed by atoms with Crippen LogP contribution in [0.25, 0.3) is 98.4 Å². The molecule has 2 nitrogen and oxygen atoms in total. The molecule has 0 aliphatic carbocycles. The van der Waals surface area contributed by atoms with Gasteiger partial charge < -0.3 is 9.13 Å². The number of para-hydroxylation sites is 1. The first kappa shape index (κ1) is 27.3. The molecule has 232 valence electrons. The van der Waals surface area contributed by atoms with Crippen molar-refractivity contribution in [3.63, 3.8) is 0 Å². The topological polar surface area (TPSA) is 9.86 Å². The summed E-state index contributed by atoms with van der Waals surface area (Å²) in [5.41, 5.74) is 9.65. The van der Waals surface area contributed by atoms with E-state index in [2.05, 4.69) is 191 Å². The number of rotatable bonds is 3. The molecule has 0 fully saturated rings. The predicted molar refractivity (Wildman–Crippen MR) is 213 cm³/mol. The number of nitrogens with zero attached hydrogens (tertiary/aromatic N) is 2. The van der Waals surface area contributed by atoms with Gasteiger partial charge in [-0.3, -0.25) is 0 Å². The molecule has 2 aromatic heterocycles. The van der Waals surface area contributed by atoms with Gasteiger partial charge in [-0.2, -0.15) is 0 Å². The van der Waals surface area contributed by atoms with Crippen LogP contribution < -0.4 is 0 Å². The minimum absolute atomic E-state index is 1.17. The lowest BCUT2D eigenvalue weighted by Crippen LogP contribution is -1.95. The van der Waals surface area contributed by atoms with Gasteiger partial charge in [0.25, 0.3) is 0 Å². The molecule has 0 amide bonds. The first-order valence-electron chi connectivity index (χ1n) is 17.3. The number of hydrogen-bond acceptors (Lipinski definition) is 0. The highest BCUT2D eigenvalue weighted by Crippen LogP contribution is 2.41. The molecule has 9 aromatic carbocycles. The van der Waals surface area contributed by atoms with Crippen LogP contribution >= 0.6 is 0 Å². The average Bonchev–Trinajstić information content (AvgIpc) is 3.70. The van der Waals surface area contributed by atoms with Crippen molar-refractivity contribution in [1.29, 1.82) is 0 Å². The normalized spacial score (nSPS) is 12.0. The van der Waals surface area contributed by atoms with Gasteiger partial charge >= 0.3 is 0 Å². The standard InChI is InChI=1S/C48H30N2/c1-2-13-34-28-37(24-20-31(34)10-1)49-44-18-8-7-17-40(44)41-25-21-36(30-47(41)49)35-23-26-45-42(29-35)48-39-16-6-4-12-33(39)22-27-46(48)50(45)43-19-9-14-32-11-3-5-15-38(32)43/h1-30H. The Morgan fingerprint density at radius 1 is 0.280 bits per heavy atom. The monoisotopic (exact) mass is 634 g/mol. The molecule has 2 heterocycles. The zero-order valence-corrected chi connectivity index (χ0v) is 27.2. The molecule has 0 spiro atoms. The summed E-state index contributed by atoms with van der Waals surface area (Å²) in [5, 5.41) is 12.6. The van der Waals surface area contributed by atoms with E-state index >= 15 is 0 Å². The maximum atomic E-state index is 2.46. The highest BCUT2D eigenvalue weighted by molar-refractivity contribution is 6.22. The van der Waals surface area contributed by atoms with Crippen molar-refractivity contribution in [2.24, 2.45) is 0 Å². The average molecular weight is 635 g/mol. The van der Waals surface area contributed by atoms with E-state index in [0.717, 1.165) is 0 Å². The van der Waals surface area contributed by atoms with Gasteiger partial charge in [-0.05, 0) is 86.6 Å². The molecule has 0 aliphatic heterocycles. The predicted octanol–water partition coefficient (Wildman–Crippen LogP) is 13.0. The summed E-state index contributed by atoms with van der Waals surface area (Å²) in [6.45, 7) is 0. The second-order valence-corrected chi connectivity index (χ2v) is 13.4. The molecule has 50 heavy (non-hydrogen) atoms. The van der Waals surface area contributed by atoms with Crippen LogP contribution in [0.3, 0.4) is 0 Å². The third kappa shape index (κ3) is 3.90. The van der Waals surface area contributed by atoms with E-state index in [0.29, 0.717) is 0 Å². The Morgan fingerprint density at radius 2 is 0.880 bits per heavy atom. The van der Waals surface area contributed by atoms with Crippen molar-refractivity contribution in [2.45, 2.75) is 0 Å². The van der Waals surface area contributed by atoms with Crippen LogP contribution in [0, 0.1) is 0 Å². The van der Waals surface area contributed by atoms with E-state index in [1.54, 1.807) is 0 Å². The minimum atomic E-state index is 1.17. The molecule has 0 radical (unpaired) electrons. The zero-order chi connectivity index (χ0) is 32.8. The molecule has 0 unspecified atom stereocenters. The largest absolute Gasteiger partial charge is 0.309 e. The third-order valence-electron chi connectivity index (χ3n) is 10.7. The van der Waals surface area contributed by atoms with Gasteiger partial charge in [0, 0.05) is 32.6 Å². The molecular weight excluding hydrogens is 605 g/mol. The van der Waals surface area contributed by atoms with E-state index in [9.17, 15) is 0 Å². The van der Waals surface area contributed by atoms with Gasteiger partial charge in [0.2, 0.25) is 0 Å². The van der Waals surface area contributed by atoms with Crippen molar-refractivity contribution in [3.8, 4) is 22.5 Å². The van der Waals surface area contributed by atoms with Gasteiger partial charge in [0.05, 0.1) is 27.8 Å². The molecule has 0 bridgehead atoms. The Balaban J connectivity index is 1.19. The first-order chi connectivity index (χ1) is 24.8. The van der Waals surface area contributed by atoms with Gasteiger partial charge in [-0.15, -0.1) is 0 Å². The molecule has 0 saturated heterocycles. The van der Waals surface area contributed by atoms with Crippen molar-refractivity contribution in [2.75, 3.05) is 0 Å². The Bertz CT molecular complexity index is 3150. The fourth-order valence-electron chi connectivity index (χ4n) is 8.38. The van der Waals surface area contributed by atoms with Gasteiger partial charge in [0.1, 0.15) is 0 Å². The maximum absolute atomic E-state index is 2.46. The molecule has 11 rings (SSSR count). The fraction of sp³-hybridized carbons (Fsp3) is 0. The Labute approximate surface area is 288 Å². The number of benzene rings is 9.